The van der Waals surface area contributed by atoms with Gasteiger partial charge in [0.2, 0.25) is 5.91 Å². The van der Waals surface area contributed by atoms with Crippen molar-refractivity contribution in [2.24, 2.45) is 0 Å². The molecule has 2 heterocycles. The highest BCUT2D eigenvalue weighted by atomic mass is 35.5. The summed E-state index contributed by atoms with van der Waals surface area (Å²) in [5, 5.41) is 3.96. The standard InChI is InChI=1S/C26H34ClN3O3/c1-32-24-12-11-19(16-25(24)33-2)22-10-7-15-30(22)18-26(31)28-17-23(29-13-5-6-14-29)20-8-3-4-9-21(20)27/h3-4,8-9,11-12,16,22-23H,5-7,10,13-15,17-18H2,1-2H3,(H,28,31). The third kappa shape index (κ3) is 5.62. The molecule has 4 rings (SSSR count). The largest absolute Gasteiger partial charge is 0.493 e. The molecule has 2 fully saturated rings. The summed E-state index contributed by atoms with van der Waals surface area (Å²) >= 11 is 6.52. The van der Waals surface area contributed by atoms with Crippen molar-refractivity contribution >= 4 is 17.5 Å². The van der Waals surface area contributed by atoms with Gasteiger partial charge >= 0.3 is 0 Å². The number of hydrogen-bond acceptors (Lipinski definition) is 5. The summed E-state index contributed by atoms with van der Waals surface area (Å²) < 4.78 is 10.9. The topological polar surface area (TPSA) is 54.0 Å². The van der Waals surface area contributed by atoms with Gasteiger partial charge in [-0.15, -0.1) is 0 Å². The van der Waals surface area contributed by atoms with E-state index in [1.165, 1.54) is 12.8 Å². The van der Waals surface area contributed by atoms with E-state index < -0.39 is 0 Å². The first-order chi connectivity index (χ1) is 16.1. The van der Waals surface area contributed by atoms with E-state index in [0.717, 1.165) is 60.1 Å². The Kier molecular flexibility index (Phi) is 8.12. The van der Waals surface area contributed by atoms with Crippen LogP contribution in [0.4, 0.5) is 0 Å². The summed E-state index contributed by atoms with van der Waals surface area (Å²) in [6.07, 6.45) is 4.48. The number of rotatable bonds is 9. The van der Waals surface area contributed by atoms with Crippen LogP contribution in [0.25, 0.3) is 0 Å². The molecule has 2 atom stereocenters. The quantitative estimate of drug-likeness (QED) is 0.585. The third-order valence-corrected chi connectivity index (χ3v) is 7.19. The van der Waals surface area contributed by atoms with Crippen molar-refractivity contribution < 1.29 is 14.3 Å². The van der Waals surface area contributed by atoms with Gasteiger partial charge in [-0.25, -0.2) is 0 Å². The van der Waals surface area contributed by atoms with Crippen LogP contribution < -0.4 is 14.8 Å². The summed E-state index contributed by atoms with van der Waals surface area (Å²) in [5.41, 5.74) is 2.25. The molecule has 2 aromatic carbocycles. The van der Waals surface area contributed by atoms with Crippen LogP contribution in [0.3, 0.4) is 0 Å². The molecule has 178 valence electrons. The Bertz CT molecular complexity index is 948. The highest BCUT2D eigenvalue weighted by Gasteiger charge is 2.30. The van der Waals surface area contributed by atoms with E-state index in [0.29, 0.717) is 13.1 Å². The van der Waals surface area contributed by atoms with Crippen LogP contribution in [0, 0.1) is 0 Å². The number of carbonyl (C=O) groups excluding carboxylic acids is 1. The lowest BCUT2D eigenvalue weighted by Gasteiger charge is -2.30. The Morgan fingerprint density at radius 2 is 1.82 bits per heavy atom. The molecule has 1 N–H and O–H groups in total. The van der Waals surface area contributed by atoms with Gasteiger partial charge in [0.05, 0.1) is 26.8 Å². The van der Waals surface area contributed by atoms with E-state index in [-0.39, 0.29) is 18.0 Å². The number of amides is 1. The molecular weight excluding hydrogens is 438 g/mol. The normalized spacial score (nSPS) is 20.0. The first-order valence-corrected chi connectivity index (χ1v) is 12.2. The number of nitrogens with zero attached hydrogens (tertiary/aromatic N) is 2. The van der Waals surface area contributed by atoms with Crippen molar-refractivity contribution in [2.45, 2.75) is 37.8 Å². The number of carbonyl (C=O) groups is 1. The monoisotopic (exact) mass is 471 g/mol. The average molecular weight is 472 g/mol. The predicted octanol–water partition coefficient (Wildman–Crippen LogP) is 4.45. The Balaban J connectivity index is 1.40. The van der Waals surface area contributed by atoms with E-state index in [1.807, 2.05) is 30.3 Å². The Morgan fingerprint density at radius 3 is 2.55 bits per heavy atom. The maximum Gasteiger partial charge on any atom is 0.234 e. The van der Waals surface area contributed by atoms with E-state index in [1.54, 1.807) is 14.2 Å². The van der Waals surface area contributed by atoms with Crippen molar-refractivity contribution in [3.8, 4) is 11.5 Å². The molecule has 2 aliphatic heterocycles. The van der Waals surface area contributed by atoms with Crippen LogP contribution >= 0.6 is 11.6 Å². The second-order valence-corrected chi connectivity index (χ2v) is 9.23. The van der Waals surface area contributed by atoms with Gasteiger partial charge in [0.15, 0.2) is 11.5 Å². The molecule has 0 radical (unpaired) electrons. The van der Waals surface area contributed by atoms with Gasteiger partial charge in [-0.1, -0.05) is 35.9 Å². The molecule has 2 aromatic rings. The van der Waals surface area contributed by atoms with Gasteiger partial charge in [0.25, 0.3) is 0 Å². The molecule has 6 nitrogen and oxygen atoms in total. The lowest BCUT2D eigenvalue weighted by atomic mass is 10.0. The first-order valence-electron chi connectivity index (χ1n) is 11.8. The fraction of sp³-hybridized carbons (Fsp3) is 0.500. The molecule has 7 heteroatoms. The number of likely N-dealkylation sites (tertiary alicyclic amines) is 2. The van der Waals surface area contributed by atoms with Crippen molar-refractivity contribution in [3.05, 3.63) is 58.6 Å². The minimum absolute atomic E-state index is 0.0543. The van der Waals surface area contributed by atoms with E-state index >= 15 is 0 Å². The van der Waals surface area contributed by atoms with Gasteiger partial charge in [-0.3, -0.25) is 14.6 Å². The second-order valence-electron chi connectivity index (χ2n) is 8.83. The molecule has 0 bridgehead atoms. The molecule has 0 spiro atoms. The fourth-order valence-corrected chi connectivity index (χ4v) is 5.40. The van der Waals surface area contributed by atoms with Crippen molar-refractivity contribution in [1.29, 1.82) is 0 Å². The smallest absolute Gasteiger partial charge is 0.234 e. The SMILES string of the molecule is COc1ccc(C2CCCN2CC(=O)NCC(c2ccccc2Cl)N2CCCC2)cc1OC. The molecule has 2 aliphatic rings. The summed E-state index contributed by atoms with van der Waals surface area (Å²) in [4.78, 5) is 17.7. The Morgan fingerprint density at radius 1 is 1.06 bits per heavy atom. The molecule has 0 aromatic heterocycles. The van der Waals surface area contributed by atoms with Crippen LogP contribution in [-0.4, -0.2) is 62.7 Å². The van der Waals surface area contributed by atoms with Crippen LogP contribution in [0.2, 0.25) is 5.02 Å². The minimum Gasteiger partial charge on any atom is -0.493 e. The van der Waals surface area contributed by atoms with Gasteiger partial charge in [-0.2, -0.15) is 0 Å². The zero-order valence-electron chi connectivity index (χ0n) is 19.6. The van der Waals surface area contributed by atoms with E-state index in [9.17, 15) is 4.79 Å². The number of halogens is 1. The highest BCUT2D eigenvalue weighted by molar-refractivity contribution is 6.31. The molecule has 1 amide bonds. The molecule has 0 saturated carbocycles. The van der Waals surface area contributed by atoms with Gasteiger partial charge in [0, 0.05) is 17.6 Å². The lowest BCUT2D eigenvalue weighted by Crippen LogP contribution is -2.41. The number of ether oxygens (including phenoxy) is 2. The van der Waals surface area contributed by atoms with Crippen molar-refractivity contribution in [3.63, 3.8) is 0 Å². The van der Waals surface area contributed by atoms with Crippen LogP contribution in [0.15, 0.2) is 42.5 Å². The molecule has 0 aliphatic carbocycles. The van der Waals surface area contributed by atoms with Crippen LogP contribution in [0.5, 0.6) is 11.5 Å². The third-order valence-electron chi connectivity index (χ3n) is 6.84. The number of benzene rings is 2. The first kappa shape index (κ1) is 23.9. The maximum absolute atomic E-state index is 13.0. The highest BCUT2D eigenvalue weighted by Crippen LogP contribution is 2.36. The predicted molar refractivity (Wildman–Crippen MR) is 131 cm³/mol. The zero-order chi connectivity index (χ0) is 23.2. The summed E-state index contributed by atoms with van der Waals surface area (Å²) in [6.45, 7) is 3.94. The minimum atomic E-state index is 0.0543. The van der Waals surface area contributed by atoms with Crippen LogP contribution in [-0.2, 0) is 4.79 Å². The Hall–Kier alpha value is -2.28. The van der Waals surface area contributed by atoms with E-state index in [2.05, 4.69) is 27.2 Å². The Labute approximate surface area is 201 Å². The summed E-state index contributed by atoms with van der Waals surface area (Å²) in [6, 6.07) is 14.3. The van der Waals surface area contributed by atoms with Crippen molar-refractivity contribution in [1.82, 2.24) is 15.1 Å². The summed E-state index contributed by atoms with van der Waals surface area (Å²) in [7, 11) is 3.29. The number of hydrogen-bond donors (Lipinski definition) is 1. The zero-order valence-corrected chi connectivity index (χ0v) is 20.3. The molecular formula is C26H34ClN3O3. The summed E-state index contributed by atoms with van der Waals surface area (Å²) in [5.74, 6) is 1.49. The van der Waals surface area contributed by atoms with E-state index in [4.69, 9.17) is 21.1 Å². The maximum atomic E-state index is 13.0. The lowest BCUT2D eigenvalue weighted by molar-refractivity contribution is -0.122. The van der Waals surface area contributed by atoms with Gasteiger partial charge in [0.1, 0.15) is 0 Å². The average Bonchev–Trinajstić information content (AvgIpc) is 3.52. The fourth-order valence-electron chi connectivity index (χ4n) is 5.14. The van der Waals surface area contributed by atoms with Crippen LogP contribution in [0.1, 0.15) is 48.9 Å². The van der Waals surface area contributed by atoms with Crippen molar-refractivity contribution in [2.75, 3.05) is 46.9 Å². The number of nitrogens with one attached hydrogen (secondary N) is 1. The number of methoxy groups -OCH3 is 2. The second kappa shape index (κ2) is 11.2. The van der Waals surface area contributed by atoms with Gasteiger partial charge < -0.3 is 14.8 Å². The molecule has 33 heavy (non-hydrogen) atoms. The molecule has 2 unspecified atom stereocenters. The molecule has 2 saturated heterocycles. The van der Waals surface area contributed by atoms with Gasteiger partial charge in [-0.05, 0) is 74.6 Å².